The number of aliphatic carboxylic acids is 1. The van der Waals surface area contributed by atoms with Crippen LogP contribution in [0.2, 0.25) is 0 Å². The summed E-state index contributed by atoms with van der Waals surface area (Å²) in [4.78, 5) is 26.5. The lowest BCUT2D eigenvalue weighted by Gasteiger charge is -2.41. The minimum absolute atomic E-state index is 0.119. The first kappa shape index (κ1) is 29.0. The molecular formula is C30H37F2N3O3. The number of nitrogens with one attached hydrogen (secondary N) is 1. The Morgan fingerprint density at radius 3 is 2.39 bits per heavy atom. The summed E-state index contributed by atoms with van der Waals surface area (Å²) in [5, 5.41) is 12.3. The highest BCUT2D eigenvalue weighted by Gasteiger charge is 2.37. The Bertz CT molecular complexity index is 1240. The Labute approximate surface area is 223 Å². The van der Waals surface area contributed by atoms with Crippen molar-refractivity contribution in [3.8, 4) is 11.1 Å². The van der Waals surface area contributed by atoms with Crippen LogP contribution in [0.4, 0.5) is 8.78 Å². The average molecular weight is 526 g/mol. The number of hydrogen-bond acceptors (Lipinski definition) is 3. The van der Waals surface area contributed by atoms with E-state index in [1.165, 1.54) is 6.07 Å². The van der Waals surface area contributed by atoms with Crippen LogP contribution in [0.15, 0.2) is 60.8 Å². The maximum atomic E-state index is 14.8. The molecule has 2 aromatic carbocycles. The van der Waals surface area contributed by atoms with Gasteiger partial charge >= 0.3 is 5.97 Å². The smallest absolute Gasteiger partial charge is 0.303 e. The Morgan fingerprint density at radius 2 is 1.76 bits per heavy atom. The topological polar surface area (TPSA) is 74.6 Å². The first-order valence-electron chi connectivity index (χ1n) is 12.9. The molecule has 0 fully saturated rings. The van der Waals surface area contributed by atoms with Gasteiger partial charge in [0.15, 0.2) is 0 Å². The summed E-state index contributed by atoms with van der Waals surface area (Å²) in [5.41, 5.74) is 1.98. The second kappa shape index (κ2) is 12.8. The van der Waals surface area contributed by atoms with E-state index in [0.29, 0.717) is 31.6 Å². The zero-order valence-corrected chi connectivity index (χ0v) is 22.5. The first-order valence-corrected chi connectivity index (χ1v) is 12.9. The van der Waals surface area contributed by atoms with Crippen molar-refractivity contribution >= 4 is 11.9 Å². The van der Waals surface area contributed by atoms with E-state index in [1.807, 2.05) is 68.8 Å². The minimum Gasteiger partial charge on any atom is -0.481 e. The molecular weight excluding hydrogens is 488 g/mol. The normalized spacial score (nSPS) is 12.4. The minimum atomic E-state index is -1.03. The van der Waals surface area contributed by atoms with Crippen molar-refractivity contribution in [2.75, 3.05) is 20.1 Å². The summed E-state index contributed by atoms with van der Waals surface area (Å²) in [6, 6.07) is 14.5. The highest BCUT2D eigenvalue weighted by molar-refractivity contribution is 5.81. The van der Waals surface area contributed by atoms with Crippen molar-refractivity contribution in [1.29, 1.82) is 0 Å². The van der Waals surface area contributed by atoms with Crippen molar-refractivity contribution in [3.05, 3.63) is 83.7 Å². The van der Waals surface area contributed by atoms with Gasteiger partial charge in [-0.15, -0.1) is 0 Å². The maximum Gasteiger partial charge on any atom is 0.303 e. The van der Waals surface area contributed by atoms with Gasteiger partial charge < -0.3 is 19.9 Å². The van der Waals surface area contributed by atoms with E-state index in [1.54, 1.807) is 11.1 Å². The molecule has 0 aliphatic rings. The molecule has 0 bridgehead atoms. The molecule has 204 valence electrons. The molecule has 1 unspecified atom stereocenters. The van der Waals surface area contributed by atoms with Gasteiger partial charge in [0.1, 0.15) is 11.6 Å². The third-order valence-corrected chi connectivity index (χ3v) is 6.48. The predicted octanol–water partition coefficient (Wildman–Crippen LogP) is 5.87. The number of rotatable bonds is 12. The van der Waals surface area contributed by atoms with Crippen molar-refractivity contribution in [3.63, 3.8) is 0 Å². The van der Waals surface area contributed by atoms with Crippen molar-refractivity contribution in [1.82, 2.24) is 14.8 Å². The van der Waals surface area contributed by atoms with E-state index >= 15 is 0 Å². The quantitative estimate of drug-likeness (QED) is 0.290. The molecule has 0 aliphatic heterocycles. The van der Waals surface area contributed by atoms with Crippen LogP contribution < -0.4 is 5.32 Å². The molecule has 1 atom stereocenters. The first-order chi connectivity index (χ1) is 18.0. The second-order valence-corrected chi connectivity index (χ2v) is 10.6. The molecule has 0 saturated heterocycles. The zero-order valence-electron chi connectivity index (χ0n) is 22.5. The summed E-state index contributed by atoms with van der Waals surface area (Å²) in [7, 11) is 1.84. The second-order valence-electron chi connectivity index (χ2n) is 10.6. The summed E-state index contributed by atoms with van der Waals surface area (Å²) >= 11 is 0. The summed E-state index contributed by atoms with van der Waals surface area (Å²) < 4.78 is 30.9. The fourth-order valence-corrected chi connectivity index (χ4v) is 4.79. The molecule has 2 N–H and O–H groups in total. The van der Waals surface area contributed by atoms with Gasteiger partial charge in [-0.25, -0.2) is 8.78 Å². The molecule has 1 aromatic heterocycles. The third kappa shape index (κ3) is 7.51. The number of carboxylic acids is 1. The number of amides is 1. The van der Waals surface area contributed by atoms with Crippen LogP contribution in [-0.4, -0.2) is 46.6 Å². The SMILES string of the molecule is CNCCCN(C(=O)CCC(=O)O)C(c1cc(-c2cc(F)ccc2F)cn1Cc1ccccc1)C(C)(C)C. The summed E-state index contributed by atoms with van der Waals surface area (Å²) in [6.07, 6.45) is 2.09. The number of aromatic nitrogens is 1. The standard InChI is InChI=1S/C30H37F2N3O3/c1-30(2,3)29(35(16-8-15-33-4)27(36)13-14-28(37)38)26-17-22(24-18-23(31)11-12-25(24)32)20-34(26)19-21-9-6-5-7-10-21/h5-7,9-12,17-18,20,29,33H,8,13-16,19H2,1-4H3,(H,37,38). The van der Waals surface area contributed by atoms with E-state index < -0.39 is 29.1 Å². The predicted molar refractivity (Wildman–Crippen MR) is 145 cm³/mol. The number of carboxylic acid groups (broad SMARTS) is 1. The molecule has 0 radical (unpaired) electrons. The largest absolute Gasteiger partial charge is 0.481 e. The van der Waals surface area contributed by atoms with Gasteiger partial charge in [0.05, 0.1) is 12.5 Å². The van der Waals surface area contributed by atoms with E-state index in [-0.39, 0.29) is 24.3 Å². The summed E-state index contributed by atoms with van der Waals surface area (Å²) in [5.74, 6) is -2.36. The monoisotopic (exact) mass is 525 g/mol. The number of halogens is 2. The lowest BCUT2D eigenvalue weighted by molar-refractivity contribution is -0.143. The molecule has 3 rings (SSSR count). The van der Waals surface area contributed by atoms with Gasteiger partial charge in [0, 0.05) is 42.5 Å². The van der Waals surface area contributed by atoms with Crippen molar-refractivity contribution < 1.29 is 23.5 Å². The molecule has 0 aliphatic carbocycles. The van der Waals surface area contributed by atoms with E-state index in [0.717, 1.165) is 23.4 Å². The molecule has 38 heavy (non-hydrogen) atoms. The number of carbonyl (C=O) groups excluding carboxylic acids is 1. The van der Waals surface area contributed by atoms with Gasteiger partial charge in [-0.2, -0.15) is 0 Å². The molecule has 3 aromatic rings. The highest BCUT2D eigenvalue weighted by Crippen LogP contribution is 2.41. The van der Waals surface area contributed by atoms with E-state index in [9.17, 15) is 23.5 Å². The number of hydrogen-bond donors (Lipinski definition) is 2. The average Bonchev–Trinajstić information content (AvgIpc) is 3.25. The molecule has 0 saturated carbocycles. The number of carbonyl (C=O) groups is 2. The molecule has 1 amide bonds. The Kier molecular flexibility index (Phi) is 9.80. The number of benzene rings is 2. The maximum absolute atomic E-state index is 14.8. The fourth-order valence-electron chi connectivity index (χ4n) is 4.79. The van der Waals surface area contributed by atoms with Gasteiger partial charge in [0.2, 0.25) is 5.91 Å². The van der Waals surface area contributed by atoms with Crippen molar-refractivity contribution in [2.24, 2.45) is 5.41 Å². The number of nitrogens with zero attached hydrogens (tertiary/aromatic N) is 2. The Morgan fingerprint density at radius 1 is 1.05 bits per heavy atom. The lowest BCUT2D eigenvalue weighted by Crippen LogP contribution is -2.43. The third-order valence-electron chi connectivity index (χ3n) is 6.48. The zero-order chi connectivity index (χ0) is 27.9. The highest BCUT2D eigenvalue weighted by atomic mass is 19.1. The van der Waals surface area contributed by atoms with Gasteiger partial charge in [-0.05, 0) is 55.3 Å². The Balaban J connectivity index is 2.17. The van der Waals surface area contributed by atoms with Crippen LogP contribution in [0.5, 0.6) is 0 Å². The van der Waals surface area contributed by atoms with Crippen LogP contribution in [0.25, 0.3) is 11.1 Å². The van der Waals surface area contributed by atoms with Gasteiger partial charge in [-0.1, -0.05) is 51.1 Å². The van der Waals surface area contributed by atoms with E-state index in [4.69, 9.17) is 0 Å². The fraction of sp³-hybridized carbons (Fsp3) is 0.400. The van der Waals surface area contributed by atoms with Crippen LogP contribution in [0.3, 0.4) is 0 Å². The van der Waals surface area contributed by atoms with Crippen LogP contribution in [-0.2, 0) is 16.1 Å². The molecule has 6 nitrogen and oxygen atoms in total. The summed E-state index contributed by atoms with van der Waals surface area (Å²) in [6.45, 7) is 7.64. The molecule has 0 spiro atoms. The van der Waals surface area contributed by atoms with Gasteiger partial charge in [-0.3, -0.25) is 9.59 Å². The lowest BCUT2D eigenvalue weighted by atomic mass is 9.82. The molecule has 1 heterocycles. The Hall–Kier alpha value is -3.52. The van der Waals surface area contributed by atoms with Gasteiger partial charge in [0.25, 0.3) is 0 Å². The van der Waals surface area contributed by atoms with E-state index in [2.05, 4.69) is 5.32 Å². The van der Waals surface area contributed by atoms with Crippen LogP contribution in [0.1, 0.15) is 57.3 Å². The molecule has 8 heteroatoms. The van der Waals surface area contributed by atoms with Crippen LogP contribution >= 0.6 is 0 Å². The van der Waals surface area contributed by atoms with Crippen molar-refractivity contribution in [2.45, 2.75) is 52.6 Å². The van der Waals surface area contributed by atoms with Crippen LogP contribution in [0, 0.1) is 17.0 Å².